The highest BCUT2D eigenvalue weighted by Gasteiger charge is 2.29. The summed E-state index contributed by atoms with van der Waals surface area (Å²) in [5.74, 6) is 0.000751. The minimum atomic E-state index is -0.272. The van der Waals surface area contributed by atoms with E-state index in [2.05, 4.69) is 21.7 Å². The van der Waals surface area contributed by atoms with Crippen LogP contribution < -0.4 is 10.6 Å². The minimum absolute atomic E-state index is 0. The molecule has 1 aromatic carbocycles. The van der Waals surface area contributed by atoms with Crippen LogP contribution in [0, 0.1) is 0 Å². The molecular formula is C16H23Cl2N3O2S. The molecule has 0 aliphatic carbocycles. The molecule has 0 saturated carbocycles. The number of morpholine rings is 1. The summed E-state index contributed by atoms with van der Waals surface area (Å²) in [6.07, 6.45) is 0.649. The molecule has 0 spiro atoms. The summed E-state index contributed by atoms with van der Waals surface area (Å²) in [6, 6.07) is 7.88. The molecule has 2 heterocycles. The number of fused-ring (bicyclic) bond motifs is 1. The zero-order valence-electron chi connectivity index (χ0n) is 13.7. The highest BCUT2D eigenvalue weighted by molar-refractivity contribution is 7.18. The number of benzene rings is 1. The molecular weight excluding hydrogens is 369 g/mol. The van der Waals surface area contributed by atoms with Crippen LogP contribution in [0.2, 0.25) is 0 Å². The summed E-state index contributed by atoms with van der Waals surface area (Å²) in [5.41, 5.74) is 1.02. The second-order valence-corrected chi connectivity index (χ2v) is 6.81. The number of nitrogens with zero attached hydrogens (tertiary/aromatic N) is 1. The Kier molecular flexibility index (Phi) is 8.39. The first-order valence-corrected chi connectivity index (χ1v) is 8.45. The summed E-state index contributed by atoms with van der Waals surface area (Å²) in [5, 5.41) is 7.32. The van der Waals surface area contributed by atoms with Crippen LogP contribution >= 0.6 is 36.2 Å². The SMILES string of the molecule is CC(Cc1nc2ccccc2s1)NC(=O)[C@H]1NCCO[C@@H]1C.Cl.Cl. The van der Waals surface area contributed by atoms with Crippen LogP contribution in [0.15, 0.2) is 24.3 Å². The maximum atomic E-state index is 12.3. The number of carbonyl (C=O) groups is 1. The van der Waals surface area contributed by atoms with Crippen LogP contribution in [-0.4, -0.2) is 42.2 Å². The van der Waals surface area contributed by atoms with Crippen LogP contribution in [0.4, 0.5) is 0 Å². The Hall–Kier alpha value is -0.920. The fraction of sp³-hybridized carbons (Fsp3) is 0.500. The van der Waals surface area contributed by atoms with Gasteiger partial charge in [-0.15, -0.1) is 36.2 Å². The van der Waals surface area contributed by atoms with Crippen molar-refractivity contribution in [2.75, 3.05) is 13.2 Å². The number of para-hydroxylation sites is 1. The van der Waals surface area contributed by atoms with Gasteiger partial charge in [0.15, 0.2) is 0 Å². The number of hydrogen-bond acceptors (Lipinski definition) is 5. The molecule has 1 amide bonds. The third-order valence-electron chi connectivity index (χ3n) is 3.81. The van der Waals surface area contributed by atoms with Crippen molar-refractivity contribution in [3.8, 4) is 0 Å². The number of carbonyl (C=O) groups excluding carboxylic acids is 1. The highest BCUT2D eigenvalue weighted by atomic mass is 35.5. The van der Waals surface area contributed by atoms with E-state index in [1.54, 1.807) is 11.3 Å². The summed E-state index contributed by atoms with van der Waals surface area (Å²) >= 11 is 1.69. The van der Waals surface area contributed by atoms with Crippen molar-refractivity contribution in [2.24, 2.45) is 0 Å². The molecule has 3 atom stereocenters. The van der Waals surface area contributed by atoms with Gasteiger partial charge in [0.1, 0.15) is 6.04 Å². The summed E-state index contributed by atoms with van der Waals surface area (Å²) < 4.78 is 6.70. The second kappa shape index (κ2) is 9.53. The minimum Gasteiger partial charge on any atom is -0.375 e. The topological polar surface area (TPSA) is 63.2 Å². The molecule has 0 bridgehead atoms. The van der Waals surface area contributed by atoms with Gasteiger partial charge in [0.2, 0.25) is 5.91 Å². The number of aromatic nitrogens is 1. The first-order chi connectivity index (χ1) is 10.6. The van der Waals surface area contributed by atoms with Gasteiger partial charge in [-0.3, -0.25) is 4.79 Å². The normalized spacial score (nSPS) is 21.4. The van der Waals surface area contributed by atoms with E-state index in [4.69, 9.17) is 4.74 Å². The molecule has 2 N–H and O–H groups in total. The average Bonchev–Trinajstić information content (AvgIpc) is 2.89. The Morgan fingerprint density at radius 1 is 1.46 bits per heavy atom. The third kappa shape index (κ3) is 5.04. The molecule has 8 heteroatoms. The van der Waals surface area contributed by atoms with Gasteiger partial charge < -0.3 is 15.4 Å². The predicted molar refractivity (Wildman–Crippen MR) is 103 cm³/mol. The number of amides is 1. The molecule has 5 nitrogen and oxygen atoms in total. The zero-order chi connectivity index (χ0) is 15.5. The number of halogens is 2. The fourth-order valence-corrected chi connectivity index (χ4v) is 3.78. The van der Waals surface area contributed by atoms with Crippen molar-refractivity contribution in [1.29, 1.82) is 0 Å². The summed E-state index contributed by atoms with van der Waals surface area (Å²) in [6.45, 7) is 5.31. The Labute approximate surface area is 158 Å². The van der Waals surface area contributed by atoms with E-state index in [0.29, 0.717) is 13.2 Å². The standard InChI is InChI=1S/C16H21N3O2S.2ClH/c1-10(18-16(20)15-11(2)21-8-7-17-15)9-14-19-12-5-3-4-6-13(12)22-14;;/h3-6,10-11,15,17H,7-9H2,1-2H3,(H,18,20);2*1H/t10?,11-,15+;;/m1../s1. The molecule has 1 aliphatic heterocycles. The Balaban J connectivity index is 0.00000144. The van der Waals surface area contributed by atoms with Crippen molar-refractivity contribution >= 4 is 52.3 Å². The first kappa shape index (κ1) is 21.1. The molecule has 24 heavy (non-hydrogen) atoms. The number of ether oxygens (including phenoxy) is 1. The molecule has 1 unspecified atom stereocenters. The molecule has 1 aliphatic rings. The van der Waals surface area contributed by atoms with Crippen LogP contribution in [0.25, 0.3) is 10.2 Å². The van der Waals surface area contributed by atoms with E-state index >= 15 is 0 Å². The molecule has 1 fully saturated rings. The lowest BCUT2D eigenvalue weighted by Gasteiger charge is -2.30. The summed E-state index contributed by atoms with van der Waals surface area (Å²) in [4.78, 5) is 16.9. The molecule has 0 radical (unpaired) electrons. The van der Waals surface area contributed by atoms with Crippen molar-refractivity contribution in [2.45, 2.75) is 38.5 Å². The Morgan fingerprint density at radius 3 is 2.92 bits per heavy atom. The van der Waals surface area contributed by atoms with Crippen LogP contribution in [-0.2, 0) is 16.0 Å². The van der Waals surface area contributed by atoms with Crippen molar-refractivity contribution in [1.82, 2.24) is 15.6 Å². The van der Waals surface area contributed by atoms with Gasteiger partial charge in [-0.25, -0.2) is 4.98 Å². The van der Waals surface area contributed by atoms with E-state index in [1.807, 2.05) is 32.0 Å². The van der Waals surface area contributed by atoms with Crippen molar-refractivity contribution in [3.63, 3.8) is 0 Å². The number of thiazole rings is 1. The van der Waals surface area contributed by atoms with Crippen LogP contribution in [0.3, 0.4) is 0 Å². The van der Waals surface area contributed by atoms with Gasteiger partial charge in [-0.1, -0.05) is 12.1 Å². The lowest BCUT2D eigenvalue weighted by molar-refractivity contribution is -0.129. The fourth-order valence-electron chi connectivity index (χ4n) is 2.68. The number of hydrogen-bond donors (Lipinski definition) is 2. The van der Waals surface area contributed by atoms with Gasteiger partial charge in [0, 0.05) is 19.0 Å². The molecule has 1 aromatic heterocycles. The van der Waals surface area contributed by atoms with Gasteiger partial charge in [-0.05, 0) is 26.0 Å². The number of nitrogens with one attached hydrogen (secondary N) is 2. The third-order valence-corrected chi connectivity index (χ3v) is 4.87. The zero-order valence-corrected chi connectivity index (χ0v) is 16.1. The van der Waals surface area contributed by atoms with Gasteiger partial charge in [0.05, 0.1) is 27.9 Å². The first-order valence-electron chi connectivity index (χ1n) is 7.63. The van der Waals surface area contributed by atoms with E-state index in [0.717, 1.165) is 16.9 Å². The van der Waals surface area contributed by atoms with Crippen molar-refractivity contribution in [3.05, 3.63) is 29.3 Å². The molecule has 1 saturated heterocycles. The largest absolute Gasteiger partial charge is 0.375 e. The predicted octanol–water partition coefficient (Wildman–Crippen LogP) is 2.56. The molecule has 2 aromatic rings. The van der Waals surface area contributed by atoms with Gasteiger partial charge in [0.25, 0.3) is 0 Å². The Bertz CT molecular complexity index is 635. The van der Waals surface area contributed by atoms with E-state index in [1.165, 1.54) is 4.70 Å². The van der Waals surface area contributed by atoms with Crippen molar-refractivity contribution < 1.29 is 9.53 Å². The number of rotatable bonds is 4. The van der Waals surface area contributed by atoms with E-state index in [-0.39, 0.29) is 48.9 Å². The van der Waals surface area contributed by atoms with E-state index in [9.17, 15) is 4.79 Å². The molecule has 134 valence electrons. The lowest BCUT2D eigenvalue weighted by Crippen LogP contribution is -2.56. The lowest BCUT2D eigenvalue weighted by atomic mass is 10.1. The average molecular weight is 392 g/mol. The maximum absolute atomic E-state index is 12.3. The van der Waals surface area contributed by atoms with Gasteiger partial charge in [-0.2, -0.15) is 0 Å². The highest BCUT2D eigenvalue weighted by Crippen LogP contribution is 2.22. The second-order valence-electron chi connectivity index (χ2n) is 5.70. The molecule has 3 rings (SSSR count). The smallest absolute Gasteiger partial charge is 0.240 e. The Morgan fingerprint density at radius 2 is 2.21 bits per heavy atom. The summed E-state index contributed by atoms with van der Waals surface area (Å²) in [7, 11) is 0. The van der Waals surface area contributed by atoms with Gasteiger partial charge >= 0.3 is 0 Å². The van der Waals surface area contributed by atoms with Crippen LogP contribution in [0.1, 0.15) is 18.9 Å². The monoisotopic (exact) mass is 391 g/mol. The quantitative estimate of drug-likeness (QED) is 0.840. The van der Waals surface area contributed by atoms with Crippen LogP contribution in [0.5, 0.6) is 0 Å². The van der Waals surface area contributed by atoms with E-state index < -0.39 is 0 Å². The maximum Gasteiger partial charge on any atom is 0.240 e.